The van der Waals surface area contributed by atoms with E-state index in [0.29, 0.717) is 18.3 Å². The summed E-state index contributed by atoms with van der Waals surface area (Å²) in [5.41, 5.74) is 5.97. The summed E-state index contributed by atoms with van der Waals surface area (Å²) in [6, 6.07) is 23.9. The van der Waals surface area contributed by atoms with Gasteiger partial charge in [0.1, 0.15) is 0 Å². The Hall–Kier alpha value is -3.48. The average Bonchev–Trinajstić information content (AvgIpc) is 3.25. The third kappa shape index (κ3) is 5.17. The minimum Gasteiger partial charge on any atom is -0.480 e. The standard InChI is InChI=1S/C24H21N3O3.ClH/c1-16-20(18-8-3-2-4-9-18)11-6-12-21(16)24-27-26-23(30-24)19-10-5-7-17(13-19)14-25-15-22(28)29;/h2-13,25H,14-15H2,1H3,(H,28,29);1H. The van der Waals surface area contributed by atoms with Crippen molar-refractivity contribution in [1.82, 2.24) is 15.5 Å². The van der Waals surface area contributed by atoms with Crippen molar-refractivity contribution < 1.29 is 14.3 Å². The number of aromatic nitrogens is 2. The van der Waals surface area contributed by atoms with E-state index < -0.39 is 5.97 Å². The zero-order chi connectivity index (χ0) is 20.9. The zero-order valence-corrected chi connectivity index (χ0v) is 17.7. The number of hydrogen-bond acceptors (Lipinski definition) is 5. The summed E-state index contributed by atoms with van der Waals surface area (Å²) in [5, 5.41) is 20.1. The molecule has 158 valence electrons. The van der Waals surface area contributed by atoms with Gasteiger partial charge < -0.3 is 14.8 Å². The molecule has 0 aliphatic rings. The first kappa shape index (κ1) is 22.2. The first-order valence-corrected chi connectivity index (χ1v) is 9.62. The molecule has 3 aromatic carbocycles. The Morgan fingerprint density at radius 3 is 2.35 bits per heavy atom. The largest absolute Gasteiger partial charge is 0.480 e. The van der Waals surface area contributed by atoms with Crippen LogP contribution in [0.15, 0.2) is 77.2 Å². The number of hydrogen-bond donors (Lipinski definition) is 2. The molecule has 0 aliphatic carbocycles. The lowest BCUT2D eigenvalue weighted by molar-refractivity contribution is -0.135. The third-order valence-corrected chi connectivity index (χ3v) is 4.85. The fourth-order valence-electron chi connectivity index (χ4n) is 3.37. The fourth-order valence-corrected chi connectivity index (χ4v) is 3.37. The molecule has 0 spiro atoms. The number of nitrogens with one attached hydrogen (secondary N) is 1. The summed E-state index contributed by atoms with van der Waals surface area (Å²) < 4.78 is 5.99. The number of benzene rings is 3. The first-order valence-electron chi connectivity index (χ1n) is 9.62. The fraction of sp³-hybridized carbons (Fsp3) is 0.125. The van der Waals surface area contributed by atoms with Crippen molar-refractivity contribution in [2.45, 2.75) is 13.5 Å². The zero-order valence-electron chi connectivity index (χ0n) is 16.9. The maximum absolute atomic E-state index is 10.7. The first-order chi connectivity index (χ1) is 14.6. The molecular formula is C24H22ClN3O3. The number of carboxylic acids is 1. The molecule has 31 heavy (non-hydrogen) atoms. The Balaban J connectivity index is 0.00000272. The van der Waals surface area contributed by atoms with E-state index in [1.165, 1.54) is 0 Å². The van der Waals surface area contributed by atoms with E-state index in [1.807, 2.05) is 54.6 Å². The lowest BCUT2D eigenvalue weighted by Gasteiger charge is -2.09. The van der Waals surface area contributed by atoms with Gasteiger partial charge in [-0.1, -0.05) is 54.6 Å². The quantitative estimate of drug-likeness (QED) is 0.426. The molecule has 0 saturated carbocycles. The second kappa shape index (κ2) is 10.0. The molecule has 6 nitrogen and oxygen atoms in total. The summed E-state index contributed by atoms with van der Waals surface area (Å²) in [6.07, 6.45) is 0. The number of carboxylic acid groups (broad SMARTS) is 1. The van der Waals surface area contributed by atoms with Gasteiger partial charge in [0, 0.05) is 17.7 Å². The number of nitrogens with zero attached hydrogens (tertiary/aromatic N) is 2. The predicted molar refractivity (Wildman–Crippen MR) is 122 cm³/mol. The van der Waals surface area contributed by atoms with Gasteiger partial charge in [0.2, 0.25) is 11.8 Å². The van der Waals surface area contributed by atoms with Gasteiger partial charge >= 0.3 is 5.97 Å². The monoisotopic (exact) mass is 435 g/mol. The highest BCUT2D eigenvalue weighted by molar-refractivity contribution is 5.85. The van der Waals surface area contributed by atoms with Gasteiger partial charge in [-0.2, -0.15) is 0 Å². The smallest absolute Gasteiger partial charge is 0.317 e. The van der Waals surface area contributed by atoms with Crippen LogP contribution >= 0.6 is 12.4 Å². The van der Waals surface area contributed by atoms with Crippen LogP contribution in [0.5, 0.6) is 0 Å². The number of carbonyl (C=O) groups is 1. The molecule has 2 N–H and O–H groups in total. The van der Waals surface area contributed by atoms with Crippen LogP contribution in [0.2, 0.25) is 0 Å². The molecule has 1 heterocycles. The van der Waals surface area contributed by atoms with E-state index in [2.05, 4.69) is 40.6 Å². The van der Waals surface area contributed by atoms with Crippen LogP contribution in [-0.2, 0) is 11.3 Å². The third-order valence-electron chi connectivity index (χ3n) is 4.85. The molecule has 0 radical (unpaired) electrons. The SMILES string of the molecule is Cc1c(-c2ccccc2)cccc1-c1nnc(-c2cccc(CNCC(=O)O)c2)o1.Cl. The van der Waals surface area contributed by atoms with Crippen LogP contribution in [-0.4, -0.2) is 27.8 Å². The Bertz CT molecular complexity index is 1180. The summed E-state index contributed by atoms with van der Waals surface area (Å²) in [4.78, 5) is 10.7. The van der Waals surface area contributed by atoms with E-state index in [-0.39, 0.29) is 19.0 Å². The van der Waals surface area contributed by atoms with Crippen LogP contribution in [0.3, 0.4) is 0 Å². The highest BCUT2D eigenvalue weighted by atomic mass is 35.5. The van der Waals surface area contributed by atoms with Crippen LogP contribution < -0.4 is 5.32 Å². The predicted octanol–water partition coefficient (Wildman–Crippen LogP) is 4.98. The lowest BCUT2D eigenvalue weighted by Crippen LogP contribution is -2.21. The Morgan fingerprint density at radius 1 is 0.903 bits per heavy atom. The molecule has 0 amide bonds. The van der Waals surface area contributed by atoms with Gasteiger partial charge in [-0.05, 0) is 47.4 Å². The van der Waals surface area contributed by atoms with E-state index in [1.54, 1.807) is 0 Å². The number of aliphatic carboxylic acids is 1. The maximum Gasteiger partial charge on any atom is 0.317 e. The van der Waals surface area contributed by atoms with E-state index in [9.17, 15) is 4.79 Å². The van der Waals surface area contributed by atoms with Gasteiger partial charge in [-0.3, -0.25) is 4.79 Å². The molecule has 0 saturated heterocycles. The summed E-state index contributed by atoms with van der Waals surface area (Å²) >= 11 is 0. The Kier molecular flexibility index (Phi) is 7.18. The molecule has 4 aromatic rings. The van der Waals surface area contributed by atoms with Crippen LogP contribution in [0.1, 0.15) is 11.1 Å². The highest BCUT2D eigenvalue weighted by Gasteiger charge is 2.15. The topological polar surface area (TPSA) is 88.2 Å². The number of halogens is 1. The van der Waals surface area contributed by atoms with Crippen molar-refractivity contribution in [3.05, 3.63) is 83.9 Å². The van der Waals surface area contributed by atoms with Crippen molar-refractivity contribution in [2.75, 3.05) is 6.54 Å². The minimum absolute atomic E-state index is 0. The van der Waals surface area contributed by atoms with Gasteiger partial charge in [0.05, 0.1) is 6.54 Å². The highest BCUT2D eigenvalue weighted by Crippen LogP contribution is 2.32. The summed E-state index contributed by atoms with van der Waals surface area (Å²) in [7, 11) is 0. The van der Waals surface area contributed by atoms with E-state index in [4.69, 9.17) is 9.52 Å². The minimum atomic E-state index is -0.888. The van der Waals surface area contributed by atoms with Gasteiger partial charge in [0.15, 0.2) is 0 Å². The molecule has 1 aromatic heterocycles. The molecule has 7 heteroatoms. The molecule has 0 aliphatic heterocycles. The van der Waals surface area contributed by atoms with E-state index in [0.717, 1.165) is 33.4 Å². The van der Waals surface area contributed by atoms with Crippen molar-refractivity contribution in [2.24, 2.45) is 0 Å². The Morgan fingerprint density at radius 2 is 1.58 bits per heavy atom. The molecular weight excluding hydrogens is 414 g/mol. The number of rotatable bonds is 7. The maximum atomic E-state index is 10.7. The van der Waals surface area contributed by atoms with Crippen molar-refractivity contribution >= 4 is 18.4 Å². The van der Waals surface area contributed by atoms with Crippen molar-refractivity contribution in [1.29, 1.82) is 0 Å². The average molecular weight is 436 g/mol. The summed E-state index contributed by atoms with van der Waals surface area (Å²) in [6.45, 7) is 2.40. The Labute approximate surface area is 186 Å². The van der Waals surface area contributed by atoms with Crippen LogP contribution in [0.25, 0.3) is 34.0 Å². The van der Waals surface area contributed by atoms with Gasteiger partial charge in [-0.15, -0.1) is 22.6 Å². The van der Waals surface area contributed by atoms with Crippen LogP contribution in [0, 0.1) is 6.92 Å². The molecule has 0 unspecified atom stereocenters. The molecule has 0 bridgehead atoms. The van der Waals surface area contributed by atoms with Gasteiger partial charge in [0.25, 0.3) is 0 Å². The molecule has 0 atom stereocenters. The second-order valence-corrected chi connectivity index (χ2v) is 6.95. The van der Waals surface area contributed by atoms with Crippen LogP contribution in [0.4, 0.5) is 0 Å². The second-order valence-electron chi connectivity index (χ2n) is 6.95. The molecule has 0 fully saturated rings. The van der Waals surface area contributed by atoms with Crippen molar-refractivity contribution in [3.8, 4) is 34.0 Å². The summed E-state index contributed by atoms with van der Waals surface area (Å²) in [5.74, 6) is 0.00471. The normalized spacial score (nSPS) is 10.5. The van der Waals surface area contributed by atoms with E-state index >= 15 is 0 Å². The van der Waals surface area contributed by atoms with Gasteiger partial charge in [-0.25, -0.2) is 0 Å². The molecule has 4 rings (SSSR count). The van der Waals surface area contributed by atoms with Crippen molar-refractivity contribution in [3.63, 3.8) is 0 Å². The lowest BCUT2D eigenvalue weighted by atomic mass is 9.96.